The van der Waals surface area contributed by atoms with E-state index in [4.69, 9.17) is 9.72 Å². The van der Waals surface area contributed by atoms with Gasteiger partial charge in [-0.1, -0.05) is 50.6 Å². The van der Waals surface area contributed by atoms with Gasteiger partial charge in [-0.2, -0.15) is 0 Å². The Labute approximate surface area is 403 Å². The number of nitrogens with zero attached hydrogens (tertiary/aromatic N) is 3. The van der Waals surface area contributed by atoms with Crippen molar-refractivity contribution in [3.63, 3.8) is 0 Å². The summed E-state index contributed by atoms with van der Waals surface area (Å²) in [6.07, 6.45) is 3.23. The van der Waals surface area contributed by atoms with E-state index in [-0.39, 0.29) is 80.1 Å². The number of rotatable bonds is 18. The molecule has 7 amide bonds. The summed E-state index contributed by atoms with van der Waals surface area (Å²) in [5.74, 6) is -4.29. The minimum absolute atomic E-state index is 0.00179. The molecule has 1 aliphatic carbocycles. The lowest BCUT2D eigenvalue weighted by Gasteiger charge is -2.31. The number of esters is 1. The number of carbonyl (C=O) groups excluding carboxylic acids is 8. The molecule has 0 bridgehead atoms. The van der Waals surface area contributed by atoms with Gasteiger partial charge in [0.05, 0.1) is 54.7 Å². The fourth-order valence-electron chi connectivity index (χ4n) is 10.0. The van der Waals surface area contributed by atoms with Crippen LogP contribution in [-0.2, 0) is 74.7 Å². The molecule has 4 atom stereocenters. The first kappa shape index (κ1) is 49.2. The van der Waals surface area contributed by atoms with Crippen molar-refractivity contribution in [2.75, 3.05) is 26.2 Å². The monoisotopic (exact) mass is 958 g/mol. The van der Waals surface area contributed by atoms with Gasteiger partial charge in [-0.05, 0) is 85.9 Å². The number of aromatic nitrogens is 2. The summed E-state index contributed by atoms with van der Waals surface area (Å²) in [4.78, 5) is 123. The molecule has 0 spiro atoms. The van der Waals surface area contributed by atoms with Crippen LogP contribution < -0.4 is 32.1 Å². The molecule has 6 N–H and O–H groups in total. The maximum atomic E-state index is 14.1. The van der Waals surface area contributed by atoms with E-state index in [0.29, 0.717) is 55.6 Å². The van der Waals surface area contributed by atoms with E-state index in [1.54, 1.807) is 48.7 Å². The number of hydrogen-bond acceptors (Lipinski definition) is 12. The van der Waals surface area contributed by atoms with Gasteiger partial charge in [0.15, 0.2) is 5.60 Å². The van der Waals surface area contributed by atoms with Gasteiger partial charge < -0.3 is 41.0 Å². The van der Waals surface area contributed by atoms with Crippen molar-refractivity contribution < 1.29 is 48.2 Å². The largest absolute Gasteiger partial charge is 0.458 e. The lowest BCUT2D eigenvalue weighted by Crippen LogP contribution is -2.52. The van der Waals surface area contributed by atoms with Crippen LogP contribution in [0.2, 0.25) is 0 Å². The van der Waals surface area contributed by atoms with Gasteiger partial charge in [0, 0.05) is 48.2 Å². The molecule has 19 nitrogen and oxygen atoms in total. The summed E-state index contributed by atoms with van der Waals surface area (Å²) in [6.45, 7) is 6.29. The van der Waals surface area contributed by atoms with Gasteiger partial charge >= 0.3 is 5.97 Å². The van der Waals surface area contributed by atoms with Crippen LogP contribution in [0.1, 0.15) is 109 Å². The molecule has 1 fully saturated rings. The van der Waals surface area contributed by atoms with Crippen molar-refractivity contribution in [2.24, 2.45) is 5.92 Å². The van der Waals surface area contributed by atoms with Crippen LogP contribution in [0.3, 0.4) is 0 Å². The van der Waals surface area contributed by atoms with E-state index in [2.05, 4.69) is 26.6 Å². The molecule has 368 valence electrons. The highest BCUT2D eigenvalue weighted by Gasteiger charge is 2.46. The van der Waals surface area contributed by atoms with Crippen molar-refractivity contribution in [3.05, 3.63) is 97.3 Å². The van der Waals surface area contributed by atoms with Gasteiger partial charge in [0.2, 0.25) is 41.4 Å². The van der Waals surface area contributed by atoms with Crippen LogP contribution in [0.5, 0.6) is 0 Å². The van der Waals surface area contributed by atoms with E-state index >= 15 is 0 Å². The Morgan fingerprint density at radius 2 is 1.61 bits per heavy atom. The van der Waals surface area contributed by atoms with Gasteiger partial charge in [-0.25, -0.2) is 9.78 Å². The third kappa shape index (κ3) is 9.79. The Bertz CT molecular complexity index is 2900. The van der Waals surface area contributed by atoms with E-state index in [9.17, 15) is 48.3 Å². The average Bonchev–Trinajstić information content (AvgIpc) is 3.83. The van der Waals surface area contributed by atoms with Gasteiger partial charge in [-0.15, -0.1) is 0 Å². The molecule has 0 saturated carbocycles. The maximum absolute atomic E-state index is 14.1. The highest BCUT2D eigenvalue weighted by molar-refractivity contribution is 6.03. The van der Waals surface area contributed by atoms with Crippen molar-refractivity contribution in [1.82, 2.24) is 41.0 Å². The molecule has 4 aliphatic rings. The highest BCUT2D eigenvalue weighted by atomic mass is 16.6. The second-order valence-corrected chi connectivity index (χ2v) is 18.7. The molecule has 2 aromatic heterocycles. The van der Waals surface area contributed by atoms with Crippen LogP contribution in [0.4, 0.5) is 0 Å². The highest BCUT2D eigenvalue weighted by Crippen LogP contribution is 2.46. The number of carbonyl (C=O) groups is 8. The zero-order valence-corrected chi connectivity index (χ0v) is 39.8. The summed E-state index contributed by atoms with van der Waals surface area (Å²) in [5, 5.41) is 25.7. The van der Waals surface area contributed by atoms with Crippen LogP contribution in [0, 0.1) is 19.8 Å². The number of aryl methyl sites for hydroxylation is 2. The van der Waals surface area contributed by atoms with Crippen molar-refractivity contribution in [3.8, 4) is 11.4 Å². The van der Waals surface area contributed by atoms with Crippen LogP contribution in [0.25, 0.3) is 22.3 Å². The Balaban J connectivity index is 0.890. The predicted octanol–water partition coefficient (Wildman–Crippen LogP) is 1.83. The number of fused-ring (bicyclic) bond motifs is 5. The number of pyridine rings is 2. The third-order valence-corrected chi connectivity index (χ3v) is 14.0. The summed E-state index contributed by atoms with van der Waals surface area (Å²) >= 11 is 0. The summed E-state index contributed by atoms with van der Waals surface area (Å²) in [7, 11) is 0. The van der Waals surface area contributed by atoms with Gasteiger partial charge in [0.1, 0.15) is 12.6 Å². The predicted molar refractivity (Wildman–Crippen MR) is 253 cm³/mol. The molecule has 1 saturated heterocycles. The van der Waals surface area contributed by atoms with Crippen LogP contribution in [0.15, 0.2) is 47.3 Å². The fraction of sp³-hybridized carbons (Fsp3) is 0.451. The summed E-state index contributed by atoms with van der Waals surface area (Å²) < 4.78 is 6.83. The van der Waals surface area contributed by atoms with Gasteiger partial charge in [0.25, 0.3) is 5.56 Å². The number of amides is 7. The summed E-state index contributed by atoms with van der Waals surface area (Å²) in [5.41, 5.74) is 5.10. The zero-order chi connectivity index (χ0) is 50.0. The zero-order valence-electron chi connectivity index (χ0n) is 39.8. The fourth-order valence-corrected chi connectivity index (χ4v) is 10.0. The second kappa shape index (κ2) is 20.4. The molecular weight excluding hydrogens is 901 g/mol. The molecule has 8 rings (SSSR count). The molecule has 3 aliphatic heterocycles. The number of imide groups is 1. The number of benzene rings is 2. The van der Waals surface area contributed by atoms with Crippen molar-refractivity contribution >= 4 is 58.2 Å². The number of hydrogen-bond donors (Lipinski definition) is 6. The molecular formula is C51H58N8O11. The first-order valence-corrected chi connectivity index (χ1v) is 23.9. The first-order valence-electron chi connectivity index (χ1n) is 23.9. The Morgan fingerprint density at radius 1 is 0.886 bits per heavy atom. The van der Waals surface area contributed by atoms with Crippen molar-refractivity contribution in [1.29, 1.82) is 0 Å². The minimum Gasteiger partial charge on any atom is -0.458 e. The van der Waals surface area contributed by atoms with Crippen LogP contribution in [-0.4, -0.2) is 99.1 Å². The molecule has 70 heavy (non-hydrogen) atoms. The molecule has 3 unspecified atom stereocenters. The maximum Gasteiger partial charge on any atom is 0.343 e. The van der Waals surface area contributed by atoms with E-state index in [0.717, 1.165) is 38.8 Å². The average molecular weight is 959 g/mol. The Hall–Kier alpha value is -7.28. The number of unbranched alkanes of at least 4 members (excludes halogenated alkanes) is 2. The quantitative estimate of drug-likeness (QED) is 0.0418. The number of ether oxygens (including phenoxy) is 1. The Kier molecular flexibility index (Phi) is 14.3. The smallest absolute Gasteiger partial charge is 0.343 e. The molecule has 5 heterocycles. The Morgan fingerprint density at radius 3 is 2.34 bits per heavy atom. The number of nitrogens with one attached hydrogen (secondary N) is 5. The lowest BCUT2D eigenvalue weighted by atomic mass is 9.80. The van der Waals surface area contributed by atoms with E-state index in [1.165, 1.54) is 4.90 Å². The number of likely N-dealkylation sites (tertiary alicyclic amines) is 1. The molecule has 2 aromatic carbocycles. The number of cyclic esters (lactones) is 1. The normalized spacial score (nSPS) is 19.2. The van der Waals surface area contributed by atoms with Crippen LogP contribution >= 0.6 is 0 Å². The SMILES string of the molecule is CCC1(O)C(=O)OCc2c1cc1n(c2=O)Cc2c-1nc1cc(C)c(C)c3c1c2[C@@H](NC(=O)CNC(=O)C(Cc1ccccc1)NC(=O)CNC(=O)CNC(=O)CCCCCN1C(=O)CC(C)C1=O)CC3. The topological polar surface area (TPSA) is 264 Å². The number of aliphatic hydroxyl groups is 1. The van der Waals surface area contributed by atoms with E-state index in [1.807, 2.05) is 26.0 Å². The molecule has 0 radical (unpaired) electrons. The molecule has 4 aromatic rings. The third-order valence-electron chi connectivity index (χ3n) is 14.0. The molecule has 19 heteroatoms. The van der Waals surface area contributed by atoms with Crippen molar-refractivity contribution in [2.45, 2.75) is 116 Å². The second-order valence-electron chi connectivity index (χ2n) is 18.7. The summed E-state index contributed by atoms with van der Waals surface area (Å²) in [6, 6.07) is 10.9. The van der Waals surface area contributed by atoms with E-state index < -0.39 is 65.9 Å². The van der Waals surface area contributed by atoms with Gasteiger partial charge in [-0.3, -0.25) is 43.3 Å². The lowest BCUT2D eigenvalue weighted by molar-refractivity contribution is -0.172. The first-order chi connectivity index (χ1) is 33.5. The minimum atomic E-state index is -2.00. The standard InChI is InChI=1S/C51H58N8O11/c1-5-51(69)34-21-38-46-32(25-59(38)49(67)33(34)26-70-50(51)68)45-35(16-15-31-29(4)27(2)18-36(57-46)44(31)45)55-42(63)24-54-47(65)37(20-30-12-8-6-9-13-30)56-41(62)23-53-40(61)22-52-39(60)14-10-7-11-17-58-43(64)19-28(3)48(58)66/h6,8-9,12-13,18,21,28,35,37,69H,5,7,10-11,14-17,19-20,22-26H2,1-4H3,(H,52,60)(H,53,61)(H,54,65)(H,55,63)(H,56,62)/t28?,35-,37?,51?/m0/s1.